The minimum absolute atomic E-state index is 0.0519. The van der Waals surface area contributed by atoms with E-state index in [9.17, 15) is 8.42 Å². The summed E-state index contributed by atoms with van der Waals surface area (Å²) >= 11 is 0. The van der Waals surface area contributed by atoms with Gasteiger partial charge in [0.05, 0.1) is 0 Å². The van der Waals surface area contributed by atoms with Crippen LogP contribution in [0.15, 0.2) is 29.4 Å². The number of piperidine rings is 1. The van der Waals surface area contributed by atoms with Crippen molar-refractivity contribution in [3.05, 3.63) is 24.5 Å². The molecule has 0 aliphatic carbocycles. The maximum Gasteiger partial charge on any atom is 0.244 e. The van der Waals surface area contributed by atoms with Gasteiger partial charge in [0, 0.05) is 31.0 Å². The van der Waals surface area contributed by atoms with Gasteiger partial charge in [-0.2, -0.15) is 4.31 Å². The molecular weight excluding hydrogens is 238 g/mol. The van der Waals surface area contributed by atoms with Gasteiger partial charge < -0.3 is 5.73 Å². The van der Waals surface area contributed by atoms with Gasteiger partial charge in [-0.25, -0.2) is 8.42 Å². The first kappa shape index (κ1) is 12.5. The van der Waals surface area contributed by atoms with Gasteiger partial charge in [-0.1, -0.05) is 0 Å². The van der Waals surface area contributed by atoms with Crippen LogP contribution in [-0.2, 0) is 10.0 Å². The van der Waals surface area contributed by atoms with Gasteiger partial charge in [-0.15, -0.1) is 0 Å². The molecule has 1 aliphatic rings. The van der Waals surface area contributed by atoms with Gasteiger partial charge in [0.1, 0.15) is 4.90 Å². The van der Waals surface area contributed by atoms with Crippen LogP contribution in [-0.4, -0.2) is 36.3 Å². The second-order valence-electron chi connectivity index (χ2n) is 4.44. The zero-order chi connectivity index (χ0) is 12.5. The molecule has 6 heteroatoms. The maximum absolute atomic E-state index is 12.3. The third kappa shape index (κ3) is 2.48. The highest BCUT2D eigenvalue weighted by Crippen LogP contribution is 2.23. The zero-order valence-corrected chi connectivity index (χ0v) is 10.6. The number of aromatic nitrogens is 1. The summed E-state index contributed by atoms with van der Waals surface area (Å²) < 4.78 is 26.2. The third-order valence-corrected chi connectivity index (χ3v) is 5.09. The minimum Gasteiger partial charge on any atom is -0.328 e. The summed E-state index contributed by atoms with van der Waals surface area (Å²) in [6.07, 6.45) is 4.37. The van der Waals surface area contributed by atoms with Gasteiger partial charge in [0.2, 0.25) is 10.0 Å². The van der Waals surface area contributed by atoms with E-state index in [1.807, 2.05) is 6.92 Å². The van der Waals surface area contributed by atoms with Crippen molar-refractivity contribution in [3.8, 4) is 0 Å². The lowest BCUT2D eigenvalue weighted by molar-refractivity contribution is 0.247. The molecule has 1 aliphatic heterocycles. The molecule has 0 bridgehead atoms. The SMILES string of the molecule is CC1CC(N)CCN1S(=O)(=O)c1cccnc1. The number of hydrogen-bond acceptors (Lipinski definition) is 4. The van der Waals surface area contributed by atoms with Gasteiger partial charge in [-0.3, -0.25) is 4.98 Å². The van der Waals surface area contributed by atoms with E-state index in [2.05, 4.69) is 4.98 Å². The van der Waals surface area contributed by atoms with Crippen molar-refractivity contribution < 1.29 is 8.42 Å². The Bertz CT molecular complexity index is 475. The lowest BCUT2D eigenvalue weighted by atomic mass is 10.0. The molecule has 5 nitrogen and oxygen atoms in total. The van der Waals surface area contributed by atoms with Crippen LogP contribution in [0.4, 0.5) is 0 Å². The molecule has 2 atom stereocenters. The summed E-state index contributed by atoms with van der Waals surface area (Å²) in [5.74, 6) is 0. The largest absolute Gasteiger partial charge is 0.328 e. The van der Waals surface area contributed by atoms with Crippen molar-refractivity contribution in [1.82, 2.24) is 9.29 Å². The molecule has 17 heavy (non-hydrogen) atoms. The van der Waals surface area contributed by atoms with Gasteiger partial charge in [0.25, 0.3) is 0 Å². The van der Waals surface area contributed by atoms with Crippen molar-refractivity contribution in [2.45, 2.75) is 36.7 Å². The van der Waals surface area contributed by atoms with Crippen LogP contribution in [0.3, 0.4) is 0 Å². The van der Waals surface area contributed by atoms with E-state index in [1.54, 1.807) is 18.3 Å². The predicted molar refractivity (Wildman–Crippen MR) is 64.8 cm³/mol. The summed E-state index contributed by atoms with van der Waals surface area (Å²) in [6.45, 7) is 2.38. The number of sulfonamides is 1. The smallest absolute Gasteiger partial charge is 0.244 e. The topological polar surface area (TPSA) is 76.3 Å². The minimum atomic E-state index is -3.42. The first-order chi connectivity index (χ1) is 8.01. The average Bonchev–Trinajstić information content (AvgIpc) is 2.29. The Balaban J connectivity index is 2.28. The summed E-state index contributed by atoms with van der Waals surface area (Å²) in [7, 11) is -3.42. The average molecular weight is 255 g/mol. The van der Waals surface area contributed by atoms with E-state index >= 15 is 0 Å². The van der Waals surface area contributed by atoms with Crippen LogP contribution < -0.4 is 5.73 Å². The summed E-state index contributed by atoms with van der Waals surface area (Å²) in [5.41, 5.74) is 5.84. The van der Waals surface area contributed by atoms with E-state index < -0.39 is 10.0 Å². The van der Waals surface area contributed by atoms with Gasteiger partial charge >= 0.3 is 0 Å². The molecule has 1 fully saturated rings. The van der Waals surface area contributed by atoms with Crippen molar-refractivity contribution in [1.29, 1.82) is 0 Å². The standard InChI is InChI=1S/C11H17N3O2S/c1-9-7-10(12)4-6-14(9)17(15,16)11-3-2-5-13-8-11/h2-3,5,8-10H,4,6-7,12H2,1H3. The molecule has 1 aromatic rings. The molecular formula is C11H17N3O2S. The van der Waals surface area contributed by atoms with Crippen LogP contribution in [0.5, 0.6) is 0 Å². The Hall–Kier alpha value is -0.980. The van der Waals surface area contributed by atoms with Crippen LogP contribution in [0.2, 0.25) is 0 Å². The maximum atomic E-state index is 12.3. The first-order valence-electron chi connectivity index (χ1n) is 5.69. The molecule has 2 heterocycles. The van der Waals surface area contributed by atoms with Crippen molar-refractivity contribution in [2.24, 2.45) is 5.73 Å². The highest BCUT2D eigenvalue weighted by molar-refractivity contribution is 7.89. The van der Waals surface area contributed by atoms with Crippen molar-refractivity contribution in [3.63, 3.8) is 0 Å². The van der Waals surface area contributed by atoms with Crippen LogP contribution >= 0.6 is 0 Å². The second-order valence-corrected chi connectivity index (χ2v) is 6.33. The summed E-state index contributed by atoms with van der Waals surface area (Å²) in [4.78, 5) is 4.11. The number of pyridine rings is 1. The molecule has 2 unspecified atom stereocenters. The molecule has 0 saturated carbocycles. The lowest BCUT2D eigenvalue weighted by Gasteiger charge is -2.35. The molecule has 0 radical (unpaired) electrons. The lowest BCUT2D eigenvalue weighted by Crippen LogP contribution is -2.48. The molecule has 0 spiro atoms. The van der Waals surface area contributed by atoms with Crippen LogP contribution in [0.25, 0.3) is 0 Å². The van der Waals surface area contributed by atoms with Crippen LogP contribution in [0.1, 0.15) is 19.8 Å². The summed E-state index contributed by atoms with van der Waals surface area (Å²) in [6, 6.07) is 3.26. The van der Waals surface area contributed by atoms with E-state index in [0.29, 0.717) is 19.4 Å². The predicted octanol–water partition coefficient (Wildman–Crippen LogP) is 0.582. The van der Waals surface area contributed by atoms with E-state index in [0.717, 1.165) is 0 Å². The molecule has 0 aromatic carbocycles. The Morgan fingerprint density at radius 3 is 2.88 bits per heavy atom. The number of hydrogen-bond donors (Lipinski definition) is 1. The Morgan fingerprint density at radius 2 is 2.29 bits per heavy atom. The number of rotatable bonds is 2. The fourth-order valence-corrected chi connectivity index (χ4v) is 3.80. The molecule has 2 rings (SSSR count). The van der Waals surface area contributed by atoms with Crippen LogP contribution in [0, 0.1) is 0 Å². The molecule has 0 amide bonds. The Morgan fingerprint density at radius 1 is 1.53 bits per heavy atom. The number of nitrogens with zero attached hydrogens (tertiary/aromatic N) is 2. The summed E-state index contributed by atoms with van der Waals surface area (Å²) in [5, 5.41) is 0. The number of nitrogens with two attached hydrogens (primary N) is 1. The monoisotopic (exact) mass is 255 g/mol. The van der Waals surface area contributed by atoms with E-state index in [-0.39, 0.29) is 17.0 Å². The highest BCUT2D eigenvalue weighted by atomic mass is 32.2. The quantitative estimate of drug-likeness (QED) is 0.838. The van der Waals surface area contributed by atoms with Gasteiger partial charge in [0.15, 0.2) is 0 Å². The fourth-order valence-electron chi connectivity index (χ4n) is 2.18. The Kier molecular flexibility index (Phi) is 3.46. The fraction of sp³-hybridized carbons (Fsp3) is 0.545. The third-order valence-electron chi connectivity index (χ3n) is 3.10. The van der Waals surface area contributed by atoms with Crippen molar-refractivity contribution in [2.75, 3.05) is 6.54 Å². The molecule has 1 saturated heterocycles. The molecule has 94 valence electrons. The van der Waals surface area contributed by atoms with Gasteiger partial charge in [-0.05, 0) is 31.9 Å². The normalized spacial score (nSPS) is 26.9. The zero-order valence-electron chi connectivity index (χ0n) is 9.78. The molecule has 1 aromatic heterocycles. The van der Waals surface area contributed by atoms with E-state index in [1.165, 1.54) is 10.5 Å². The first-order valence-corrected chi connectivity index (χ1v) is 7.13. The van der Waals surface area contributed by atoms with Crippen molar-refractivity contribution >= 4 is 10.0 Å². The van der Waals surface area contributed by atoms with E-state index in [4.69, 9.17) is 5.73 Å². The molecule has 2 N–H and O–H groups in total. The second kappa shape index (κ2) is 4.72. The Labute approximate surface area is 102 Å². The highest BCUT2D eigenvalue weighted by Gasteiger charge is 2.33.